The van der Waals surface area contributed by atoms with Gasteiger partial charge in [-0.1, -0.05) is 11.3 Å². The summed E-state index contributed by atoms with van der Waals surface area (Å²) >= 11 is 0.746. The van der Waals surface area contributed by atoms with Crippen LogP contribution in [0.25, 0.3) is 0 Å². The van der Waals surface area contributed by atoms with Crippen molar-refractivity contribution in [1.29, 1.82) is 0 Å². The van der Waals surface area contributed by atoms with Crippen LogP contribution in [0, 0.1) is 0 Å². The maximum Gasteiger partial charge on any atom is 0.267 e. The Labute approximate surface area is 133 Å². The second-order valence-corrected chi connectivity index (χ2v) is 5.14. The van der Waals surface area contributed by atoms with Crippen molar-refractivity contribution >= 4 is 78.7 Å². The van der Waals surface area contributed by atoms with Gasteiger partial charge in [0, 0.05) is 65.4 Å². The van der Waals surface area contributed by atoms with Crippen LogP contribution in [0.1, 0.15) is 6.92 Å². The van der Waals surface area contributed by atoms with Crippen molar-refractivity contribution in [3.05, 3.63) is 4.80 Å². The van der Waals surface area contributed by atoms with Gasteiger partial charge in [-0.15, -0.1) is 5.10 Å². The van der Waals surface area contributed by atoms with E-state index in [0.29, 0.717) is 0 Å². The molecule has 0 aliphatic carbocycles. The molecule has 0 saturated carbocycles. The van der Waals surface area contributed by atoms with Gasteiger partial charge in [0.1, 0.15) is 0 Å². The van der Waals surface area contributed by atoms with E-state index < -0.39 is 15.9 Å². The Hall–Kier alpha value is 0.576. The summed E-state index contributed by atoms with van der Waals surface area (Å²) in [6.45, 7) is 1.26. The van der Waals surface area contributed by atoms with E-state index in [9.17, 15) is 13.2 Å². The number of aryl methyl sites for hydroxylation is 1. The molecule has 0 aliphatic rings. The predicted octanol–water partition coefficient (Wildman–Crippen LogP) is -1.80. The molecule has 0 atom stereocenters. The third-order valence-electron chi connectivity index (χ3n) is 1.18. The number of nitrogens with two attached hydrogens (primary N) is 1. The Morgan fingerprint density at radius 3 is 2.47 bits per heavy atom. The minimum atomic E-state index is -3.83. The first-order valence-corrected chi connectivity index (χ1v) is 5.79. The molecule has 0 spiro atoms. The standard InChI is InChI=1S/C5H8N4O3S2.K/c1-3(10)7-4-9(2)8-5(13-4)14(6,11)12;/h1-2H3,(H2,6,11,12);. The van der Waals surface area contributed by atoms with Crippen molar-refractivity contribution in [2.24, 2.45) is 17.2 Å². The topological polar surface area (TPSA) is 107 Å². The zero-order valence-corrected chi connectivity index (χ0v) is 13.2. The smallest absolute Gasteiger partial charge is 0.267 e. The maximum absolute atomic E-state index is 10.9. The fourth-order valence-corrected chi connectivity index (χ4v) is 2.27. The molecule has 1 aromatic heterocycles. The molecule has 0 fully saturated rings. The molecule has 0 bridgehead atoms. The van der Waals surface area contributed by atoms with Gasteiger partial charge in [-0.3, -0.25) is 4.79 Å². The Kier molecular flexibility index (Phi) is 5.99. The first-order valence-electron chi connectivity index (χ1n) is 3.43. The number of carbonyl (C=O) groups is 1. The summed E-state index contributed by atoms with van der Waals surface area (Å²) < 4.78 is 22.7. The van der Waals surface area contributed by atoms with Gasteiger partial charge in [-0.2, -0.15) is 4.99 Å². The van der Waals surface area contributed by atoms with Gasteiger partial charge >= 0.3 is 0 Å². The fourth-order valence-electron chi connectivity index (χ4n) is 0.675. The second-order valence-electron chi connectivity index (χ2n) is 2.45. The maximum atomic E-state index is 10.9. The van der Waals surface area contributed by atoms with Crippen LogP contribution in [-0.4, -0.2) is 75.5 Å². The van der Waals surface area contributed by atoms with Crippen molar-refractivity contribution in [3.8, 4) is 0 Å². The van der Waals surface area contributed by atoms with Crippen molar-refractivity contribution in [3.63, 3.8) is 0 Å². The molecule has 1 radical (unpaired) electrons. The van der Waals surface area contributed by atoms with Gasteiger partial charge in [0.2, 0.25) is 15.0 Å². The van der Waals surface area contributed by atoms with Gasteiger partial charge in [0.15, 0.2) is 0 Å². The number of primary sulfonamides is 1. The van der Waals surface area contributed by atoms with E-state index in [-0.39, 0.29) is 60.5 Å². The van der Waals surface area contributed by atoms with E-state index in [1.807, 2.05) is 0 Å². The molecule has 0 aromatic carbocycles. The van der Waals surface area contributed by atoms with E-state index in [2.05, 4.69) is 10.1 Å². The summed E-state index contributed by atoms with van der Waals surface area (Å²) in [5.41, 5.74) is 0. The van der Waals surface area contributed by atoms with Crippen LogP contribution in [0.3, 0.4) is 0 Å². The van der Waals surface area contributed by atoms with Crippen molar-refractivity contribution in [2.75, 3.05) is 0 Å². The molecule has 0 unspecified atom stereocenters. The van der Waals surface area contributed by atoms with Gasteiger partial charge in [0.05, 0.1) is 0 Å². The monoisotopic (exact) mass is 275 g/mol. The molecule has 1 rings (SSSR count). The molecular weight excluding hydrogens is 267 g/mol. The third-order valence-corrected chi connectivity index (χ3v) is 3.49. The average Bonchev–Trinajstić information content (AvgIpc) is 2.30. The molecule has 1 amide bonds. The summed E-state index contributed by atoms with van der Waals surface area (Å²) in [5.74, 6) is -0.426. The van der Waals surface area contributed by atoms with Crippen LogP contribution in [0.4, 0.5) is 0 Å². The third kappa shape index (κ3) is 4.52. The van der Waals surface area contributed by atoms with Gasteiger partial charge < -0.3 is 0 Å². The van der Waals surface area contributed by atoms with E-state index in [4.69, 9.17) is 5.14 Å². The SMILES string of the molecule is CC(=O)N=c1sc(S(N)(=O)=O)nn1C.[K]. The summed E-state index contributed by atoms with van der Waals surface area (Å²) in [6.07, 6.45) is 0. The number of nitrogens with zero attached hydrogens (tertiary/aromatic N) is 3. The summed E-state index contributed by atoms with van der Waals surface area (Å²) in [7, 11) is -2.35. The van der Waals surface area contributed by atoms with Crippen LogP contribution in [0.5, 0.6) is 0 Å². The number of aromatic nitrogens is 2. The predicted molar refractivity (Wildman–Crippen MR) is 54.5 cm³/mol. The van der Waals surface area contributed by atoms with Crippen molar-refractivity contribution in [1.82, 2.24) is 9.78 Å². The van der Waals surface area contributed by atoms with Gasteiger partial charge in [-0.25, -0.2) is 18.2 Å². The Balaban J connectivity index is 0.00000196. The molecule has 0 saturated heterocycles. The van der Waals surface area contributed by atoms with Gasteiger partial charge in [-0.05, 0) is 0 Å². The first kappa shape index (κ1) is 15.6. The minimum Gasteiger partial charge on any atom is -0.273 e. The zero-order chi connectivity index (χ0) is 10.9. The molecule has 7 nitrogen and oxygen atoms in total. The normalized spacial score (nSPS) is 12.3. The van der Waals surface area contributed by atoms with E-state index in [1.165, 1.54) is 18.7 Å². The van der Waals surface area contributed by atoms with E-state index >= 15 is 0 Å². The number of rotatable bonds is 1. The van der Waals surface area contributed by atoms with E-state index in [0.717, 1.165) is 11.3 Å². The Bertz CT molecular complexity index is 529. The molecule has 2 N–H and O–H groups in total. The number of hydrogen-bond donors (Lipinski definition) is 1. The average molecular weight is 275 g/mol. The van der Waals surface area contributed by atoms with E-state index in [1.54, 1.807) is 0 Å². The van der Waals surface area contributed by atoms with Crippen molar-refractivity contribution in [2.45, 2.75) is 11.3 Å². The Morgan fingerprint density at radius 1 is 1.60 bits per heavy atom. The molecule has 1 aromatic rings. The van der Waals surface area contributed by atoms with Crippen LogP contribution < -0.4 is 9.94 Å². The second kappa shape index (κ2) is 5.77. The molecule has 79 valence electrons. The minimum absolute atomic E-state index is 0. The van der Waals surface area contributed by atoms with Crippen LogP contribution in [-0.2, 0) is 21.9 Å². The fraction of sp³-hybridized carbons (Fsp3) is 0.400. The summed E-state index contributed by atoms with van der Waals surface area (Å²) in [4.78, 5) is 14.4. The van der Waals surface area contributed by atoms with Gasteiger partial charge in [0.25, 0.3) is 10.0 Å². The Morgan fingerprint density at radius 2 is 2.13 bits per heavy atom. The van der Waals surface area contributed by atoms with Crippen LogP contribution in [0.2, 0.25) is 0 Å². The summed E-state index contributed by atoms with van der Waals surface area (Å²) in [6, 6.07) is 0. The zero-order valence-electron chi connectivity index (χ0n) is 8.46. The number of amides is 1. The molecule has 15 heavy (non-hydrogen) atoms. The first-order chi connectivity index (χ1) is 6.30. The molecular formula is C5H8KN4O3S2. The quantitative estimate of drug-likeness (QED) is 0.610. The largest absolute Gasteiger partial charge is 0.273 e. The molecule has 1 heterocycles. The number of sulfonamides is 1. The number of carbonyl (C=O) groups excluding carboxylic acids is 1. The van der Waals surface area contributed by atoms with Crippen molar-refractivity contribution < 1.29 is 13.2 Å². The number of hydrogen-bond acceptors (Lipinski definition) is 5. The summed E-state index contributed by atoms with van der Waals surface area (Å²) in [5, 5.41) is 8.46. The van der Waals surface area contributed by atoms with Crippen LogP contribution >= 0.6 is 11.3 Å². The molecule has 10 heteroatoms. The van der Waals surface area contributed by atoms with Crippen LogP contribution in [0.15, 0.2) is 9.33 Å². The molecule has 0 aliphatic heterocycles.